The molecule has 0 aromatic rings. The number of allylic oxidation sites excluding steroid dienone is 2. The summed E-state index contributed by atoms with van der Waals surface area (Å²) >= 11 is 0. The molecule has 2 aliphatic carbocycles. The van der Waals surface area contributed by atoms with Crippen LogP contribution >= 0.6 is 0 Å². The fraction of sp³-hybridized carbons (Fsp3) is 0.848. The van der Waals surface area contributed by atoms with Gasteiger partial charge in [0.15, 0.2) is 12.6 Å². The van der Waals surface area contributed by atoms with Crippen molar-refractivity contribution in [3.8, 4) is 6.07 Å². The molecule has 38 heavy (non-hydrogen) atoms. The molecule has 0 aromatic heterocycles. The van der Waals surface area contributed by atoms with E-state index in [4.69, 9.17) is 4.74 Å². The number of carbonyl (C=O) groups excluding carboxylic acids is 2. The van der Waals surface area contributed by atoms with Gasteiger partial charge in [0.05, 0.1) is 12.2 Å². The van der Waals surface area contributed by atoms with E-state index in [1.54, 1.807) is 6.92 Å². The van der Waals surface area contributed by atoms with E-state index in [1.165, 1.54) is 0 Å². The smallest absolute Gasteiger partial charge is 0.188 e. The van der Waals surface area contributed by atoms with Crippen molar-refractivity contribution in [1.82, 2.24) is 0 Å². The summed E-state index contributed by atoms with van der Waals surface area (Å²) in [4.78, 5) is 25.6. The molecule has 0 radical (unpaired) electrons. The largest absolute Gasteiger partial charge is 0.350 e. The number of Topliss-reactive ketones (excluding diaryl/α,β-unsaturated/α-hetero) is 2. The lowest BCUT2D eigenvalue weighted by atomic mass is 9.41. The Morgan fingerprint density at radius 3 is 2.29 bits per heavy atom. The van der Waals surface area contributed by atoms with E-state index in [-0.39, 0.29) is 56.6 Å². The highest BCUT2D eigenvalue weighted by molar-refractivity contribution is 6.01. The molecule has 4 nitrogen and oxygen atoms in total. The highest BCUT2D eigenvalue weighted by Crippen LogP contribution is 2.66. The maximum Gasteiger partial charge on any atom is 0.188 e. The van der Waals surface area contributed by atoms with Crippen LogP contribution in [0.5, 0.6) is 0 Å². The number of carbonyl (C=O) groups is 2. The first kappa shape index (κ1) is 32.7. The first-order valence-electron chi connectivity index (χ1n) is 14.7. The number of halogens is 1. The fourth-order valence-electron chi connectivity index (χ4n) is 7.59. The van der Waals surface area contributed by atoms with Crippen LogP contribution in [-0.2, 0) is 14.3 Å². The average molecular weight is 532 g/mol. The van der Waals surface area contributed by atoms with Crippen molar-refractivity contribution < 1.29 is 18.7 Å². The molecule has 2 aliphatic rings. The van der Waals surface area contributed by atoms with Crippen LogP contribution < -0.4 is 0 Å². The van der Waals surface area contributed by atoms with Gasteiger partial charge in [0.1, 0.15) is 11.9 Å². The first-order chi connectivity index (χ1) is 17.4. The van der Waals surface area contributed by atoms with Gasteiger partial charge in [-0.05, 0) is 84.4 Å². The van der Waals surface area contributed by atoms with Crippen LogP contribution in [-0.4, -0.2) is 25.0 Å². The molecule has 2 rings (SSSR count). The standard InChI is InChI=1S/C33H54FNO3/c1-11-29(4,5)14-16-31(8,21-38-22-34)17-15-30(6,7)33(10)13-12-26-24(3)28(37)25(20-35)19-32(26,9)27(33)18-23(2)36/h19,24,26-27H,11-18,21-22H2,1-10H3/t24-,26-,27+,31-,32-,33+/m0/s1. The summed E-state index contributed by atoms with van der Waals surface area (Å²) in [5, 5.41) is 9.77. The number of nitrogens with zero attached hydrogens (tertiary/aromatic N) is 1. The SMILES string of the molecule is CCC(C)(C)CC[C@@](C)(CCC(C)(C)[C@]1(C)CC[C@H]2[C@H](C)C(=O)C(C#N)=C[C@]2(C)[C@H]1CC(C)=O)COCF. The van der Waals surface area contributed by atoms with Crippen LogP contribution in [0.3, 0.4) is 0 Å². The van der Waals surface area contributed by atoms with Crippen molar-refractivity contribution in [1.29, 1.82) is 5.26 Å². The van der Waals surface area contributed by atoms with E-state index in [1.807, 2.05) is 13.0 Å². The molecule has 0 aromatic carbocycles. The molecule has 0 aliphatic heterocycles. The Labute approximate surface area is 232 Å². The fourth-order valence-corrected chi connectivity index (χ4v) is 7.59. The lowest BCUT2D eigenvalue weighted by Gasteiger charge is -2.62. The second-order valence-corrected chi connectivity index (χ2v) is 14.9. The molecule has 1 saturated carbocycles. The van der Waals surface area contributed by atoms with Crippen molar-refractivity contribution in [2.75, 3.05) is 13.5 Å². The summed E-state index contributed by atoms with van der Waals surface area (Å²) in [5.74, 6) is 0.0218. The minimum atomic E-state index is -0.765. The Bertz CT molecular complexity index is 946. The number of ether oxygens (including phenoxy) is 1. The zero-order valence-electron chi connectivity index (χ0n) is 25.9. The van der Waals surface area contributed by atoms with Gasteiger partial charge in [0.25, 0.3) is 0 Å². The first-order valence-corrected chi connectivity index (χ1v) is 14.7. The van der Waals surface area contributed by atoms with Gasteiger partial charge in [0, 0.05) is 12.3 Å². The van der Waals surface area contributed by atoms with Crippen LogP contribution in [0.4, 0.5) is 4.39 Å². The molecule has 216 valence electrons. The van der Waals surface area contributed by atoms with E-state index < -0.39 is 12.3 Å². The van der Waals surface area contributed by atoms with Crippen LogP contribution in [0.15, 0.2) is 11.6 Å². The molecule has 0 N–H and O–H groups in total. The molecular formula is C33H54FNO3. The number of nitriles is 1. The summed E-state index contributed by atoms with van der Waals surface area (Å²) < 4.78 is 18.4. The van der Waals surface area contributed by atoms with Crippen molar-refractivity contribution >= 4 is 11.6 Å². The number of fused-ring (bicyclic) bond motifs is 1. The molecule has 0 amide bonds. The number of rotatable bonds is 13. The van der Waals surface area contributed by atoms with E-state index in [9.17, 15) is 19.2 Å². The zero-order chi connectivity index (χ0) is 29.2. The van der Waals surface area contributed by atoms with Crippen molar-refractivity contribution in [3.63, 3.8) is 0 Å². The van der Waals surface area contributed by atoms with Gasteiger partial charge < -0.3 is 9.53 Å². The van der Waals surface area contributed by atoms with Crippen molar-refractivity contribution in [3.05, 3.63) is 11.6 Å². The number of alkyl halides is 1. The predicted molar refractivity (Wildman–Crippen MR) is 152 cm³/mol. The Morgan fingerprint density at radius 1 is 1.16 bits per heavy atom. The van der Waals surface area contributed by atoms with Gasteiger partial charge >= 0.3 is 0 Å². The summed E-state index contributed by atoms with van der Waals surface area (Å²) in [6.45, 7) is 21.5. The van der Waals surface area contributed by atoms with Gasteiger partial charge in [-0.15, -0.1) is 0 Å². The van der Waals surface area contributed by atoms with Crippen molar-refractivity contribution in [2.24, 2.45) is 44.8 Å². The van der Waals surface area contributed by atoms with Crippen LogP contribution in [0.2, 0.25) is 0 Å². The second-order valence-electron chi connectivity index (χ2n) is 14.9. The maximum atomic E-state index is 13.1. The molecule has 0 unspecified atom stereocenters. The predicted octanol–water partition coefficient (Wildman–Crippen LogP) is 8.65. The van der Waals surface area contributed by atoms with E-state index >= 15 is 0 Å². The molecule has 0 bridgehead atoms. The lowest BCUT2D eigenvalue weighted by Crippen LogP contribution is -2.57. The third kappa shape index (κ3) is 6.60. The average Bonchev–Trinajstić information content (AvgIpc) is 2.85. The Kier molecular flexibility index (Phi) is 10.2. The summed E-state index contributed by atoms with van der Waals surface area (Å²) in [7, 11) is 0. The van der Waals surface area contributed by atoms with E-state index in [2.05, 4.69) is 61.5 Å². The normalized spacial score (nSPS) is 31.7. The molecule has 5 heteroatoms. The maximum absolute atomic E-state index is 13.1. The topological polar surface area (TPSA) is 67.2 Å². The molecule has 0 saturated heterocycles. The minimum Gasteiger partial charge on any atom is -0.350 e. The molecule has 1 fully saturated rings. The summed E-state index contributed by atoms with van der Waals surface area (Å²) in [6.07, 6.45) is 9.19. The van der Waals surface area contributed by atoms with Crippen LogP contribution in [0.1, 0.15) is 121 Å². The number of hydrogen-bond acceptors (Lipinski definition) is 4. The third-order valence-corrected chi connectivity index (χ3v) is 11.4. The summed E-state index contributed by atoms with van der Waals surface area (Å²) in [5.41, 5.74) is -0.350. The quantitative estimate of drug-likeness (QED) is 0.238. The van der Waals surface area contributed by atoms with Gasteiger partial charge in [-0.1, -0.05) is 74.8 Å². The highest BCUT2D eigenvalue weighted by atomic mass is 19.1. The molecular weight excluding hydrogens is 477 g/mol. The van der Waals surface area contributed by atoms with Crippen LogP contribution in [0, 0.1) is 56.2 Å². The number of ketones is 2. The highest BCUT2D eigenvalue weighted by Gasteiger charge is 2.60. The van der Waals surface area contributed by atoms with Gasteiger partial charge in [-0.2, -0.15) is 5.26 Å². The van der Waals surface area contributed by atoms with Gasteiger partial charge in [-0.3, -0.25) is 4.79 Å². The molecule has 0 heterocycles. The Balaban J connectivity index is 2.44. The van der Waals surface area contributed by atoms with Gasteiger partial charge in [-0.25, -0.2) is 4.39 Å². The van der Waals surface area contributed by atoms with Gasteiger partial charge in [0.2, 0.25) is 0 Å². The van der Waals surface area contributed by atoms with E-state index in [0.717, 1.165) is 44.9 Å². The Hall–Kier alpha value is -1.54. The molecule has 6 atom stereocenters. The lowest BCUT2D eigenvalue weighted by molar-refractivity contribution is -0.145. The minimum absolute atomic E-state index is 0.0209. The monoisotopic (exact) mass is 531 g/mol. The Morgan fingerprint density at radius 2 is 1.76 bits per heavy atom. The van der Waals surface area contributed by atoms with E-state index in [0.29, 0.717) is 13.0 Å². The zero-order valence-corrected chi connectivity index (χ0v) is 25.9. The van der Waals surface area contributed by atoms with Crippen molar-refractivity contribution in [2.45, 2.75) is 121 Å². The summed E-state index contributed by atoms with van der Waals surface area (Å²) in [6, 6.07) is 2.16. The van der Waals surface area contributed by atoms with Crippen LogP contribution in [0.25, 0.3) is 0 Å². The third-order valence-electron chi connectivity index (χ3n) is 11.4. The molecule has 0 spiro atoms. The second kappa shape index (κ2) is 11.9. The number of hydrogen-bond donors (Lipinski definition) is 0.